The van der Waals surface area contributed by atoms with E-state index in [9.17, 15) is 0 Å². The second-order valence-corrected chi connectivity index (χ2v) is 7.62. The van der Waals surface area contributed by atoms with E-state index in [1.165, 1.54) is 15.1 Å². The number of nitrogens with one attached hydrogen (secondary N) is 2. The zero-order valence-corrected chi connectivity index (χ0v) is 12.2. The summed E-state index contributed by atoms with van der Waals surface area (Å²) in [5.74, 6) is 0. The topological polar surface area (TPSA) is 24.1 Å². The van der Waals surface area contributed by atoms with Crippen LogP contribution in [0.3, 0.4) is 0 Å². The second kappa shape index (κ2) is 5.17. The number of hydrogen-bond donors (Lipinski definition) is 2. The Kier molecular flexibility index (Phi) is 4.06. The van der Waals surface area contributed by atoms with E-state index in [1.54, 1.807) is 0 Å². The van der Waals surface area contributed by atoms with E-state index < -0.39 is 0 Å². The molecule has 0 aromatic carbocycles. The van der Waals surface area contributed by atoms with Gasteiger partial charge in [-0.15, -0.1) is 11.3 Å². The lowest BCUT2D eigenvalue weighted by molar-refractivity contribution is 0.443. The number of rotatable bonds is 4. The Morgan fingerprint density at radius 2 is 2.38 bits per heavy atom. The quantitative estimate of drug-likeness (QED) is 0.894. The lowest BCUT2D eigenvalue weighted by Gasteiger charge is -2.17. The average molecular weight is 303 g/mol. The molecule has 4 heteroatoms. The third-order valence-electron chi connectivity index (χ3n) is 3.02. The minimum absolute atomic E-state index is 0.309. The van der Waals surface area contributed by atoms with Gasteiger partial charge in [0, 0.05) is 29.5 Å². The van der Waals surface area contributed by atoms with Crippen LogP contribution in [-0.4, -0.2) is 24.7 Å². The first-order valence-corrected chi connectivity index (χ1v) is 7.39. The third-order valence-corrected chi connectivity index (χ3v) is 4.70. The summed E-state index contributed by atoms with van der Waals surface area (Å²) in [6.07, 6.45) is 2.36. The molecule has 1 unspecified atom stereocenters. The van der Waals surface area contributed by atoms with Crippen molar-refractivity contribution < 1.29 is 0 Å². The predicted octanol–water partition coefficient (Wildman–Crippen LogP) is 2.78. The summed E-state index contributed by atoms with van der Waals surface area (Å²) in [4.78, 5) is 1.45. The van der Waals surface area contributed by atoms with Crippen LogP contribution >= 0.6 is 27.3 Å². The Balaban J connectivity index is 1.69. The van der Waals surface area contributed by atoms with Gasteiger partial charge < -0.3 is 10.6 Å². The van der Waals surface area contributed by atoms with Gasteiger partial charge >= 0.3 is 0 Å². The van der Waals surface area contributed by atoms with Crippen molar-refractivity contribution in [3.05, 3.63) is 20.8 Å². The van der Waals surface area contributed by atoms with Crippen LogP contribution in [0.25, 0.3) is 0 Å². The molecule has 0 saturated carbocycles. The van der Waals surface area contributed by atoms with Gasteiger partial charge in [-0.2, -0.15) is 0 Å². The van der Waals surface area contributed by atoms with Gasteiger partial charge in [0.15, 0.2) is 0 Å². The fourth-order valence-corrected chi connectivity index (χ4v) is 3.67. The van der Waals surface area contributed by atoms with Crippen LogP contribution in [0.4, 0.5) is 0 Å². The van der Waals surface area contributed by atoms with Crippen LogP contribution in [-0.2, 0) is 6.42 Å². The van der Waals surface area contributed by atoms with Crippen molar-refractivity contribution in [1.29, 1.82) is 0 Å². The molecule has 0 spiro atoms. The predicted molar refractivity (Wildman–Crippen MR) is 74.2 cm³/mol. The maximum Gasteiger partial charge on any atom is 0.0701 e. The van der Waals surface area contributed by atoms with Crippen LogP contribution in [0.2, 0.25) is 0 Å². The van der Waals surface area contributed by atoms with Gasteiger partial charge in [-0.1, -0.05) is 0 Å². The highest BCUT2D eigenvalue weighted by molar-refractivity contribution is 9.11. The molecule has 1 aliphatic rings. The van der Waals surface area contributed by atoms with E-state index >= 15 is 0 Å². The monoisotopic (exact) mass is 302 g/mol. The minimum atomic E-state index is 0.309. The summed E-state index contributed by atoms with van der Waals surface area (Å²) in [6, 6.07) is 4.96. The first kappa shape index (κ1) is 12.6. The van der Waals surface area contributed by atoms with Crippen LogP contribution < -0.4 is 10.6 Å². The van der Waals surface area contributed by atoms with Gasteiger partial charge in [0.25, 0.3) is 0 Å². The van der Waals surface area contributed by atoms with Crippen molar-refractivity contribution in [3.63, 3.8) is 0 Å². The van der Waals surface area contributed by atoms with Crippen molar-refractivity contribution >= 4 is 27.3 Å². The Morgan fingerprint density at radius 3 is 2.94 bits per heavy atom. The minimum Gasteiger partial charge on any atom is -0.312 e. The highest BCUT2D eigenvalue weighted by atomic mass is 79.9. The lowest BCUT2D eigenvalue weighted by atomic mass is 10.0. The average Bonchev–Trinajstić information content (AvgIpc) is 2.73. The van der Waals surface area contributed by atoms with Crippen LogP contribution in [0, 0.1) is 0 Å². The van der Waals surface area contributed by atoms with Crippen molar-refractivity contribution in [2.24, 2.45) is 0 Å². The Morgan fingerprint density at radius 1 is 1.56 bits per heavy atom. The highest BCUT2D eigenvalue weighted by Gasteiger charge is 2.29. The molecule has 1 aliphatic heterocycles. The standard InChI is InChI=1S/C12H19BrN2S/c1-12(2)7-9(8-15-12)14-6-5-10-3-4-11(13)16-10/h3-4,9,14-15H,5-8H2,1-2H3. The van der Waals surface area contributed by atoms with Crippen LogP contribution in [0.15, 0.2) is 15.9 Å². The van der Waals surface area contributed by atoms with Crippen LogP contribution in [0.1, 0.15) is 25.1 Å². The zero-order valence-electron chi connectivity index (χ0n) is 9.85. The Bertz CT molecular complexity index is 349. The summed E-state index contributed by atoms with van der Waals surface area (Å²) in [7, 11) is 0. The first-order chi connectivity index (χ1) is 7.55. The molecule has 0 amide bonds. The fraction of sp³-hybridized carbons (Fsp3) is 0.667. The SMILES string of the molecule is CC1(C)CC(NCCc2ccc(Br)s2)CN1. The zero-order chi connectivity index (χ0) is 11.6. The van der Waals surface area contributed by atoms with Crippen molar-refractivity contribution in [1.82, 2.24) is 10.6 Å². The molecule has 1 saturated heterocycles. The van der Waals surface area contributed by atoms with E-state index in [0.717, 1.165) is 19.5 Å². The lowest BCUT2D eigenvalue weighted by Crippen LogP contribution is -2.32. The maximum absolute atomic E-state index is 3.62. The number of halogens is 1. The van der Waals surface area contributed by atoms with Crippen molar-refractivity contribution in [3.8, 4) is 0 Å². The van der Waals surface area contributed by atoms with Crippen LogP contribution in [0.5, 0.6) is 0 Å². The smallest absolute Gasteiger partial charge is 0.0701 e. The van der Waals surface area contributed by atoms with Crippen molar-refractivity contribution in [2.45, 2.75) is 38.3 Å². The molecule has 1 aromatic rings. The first-order valence-electron chi connectivity index (χ1n) is 5.78. The molecule has 1 fully saturated rings. The van der Waals surface area contributed by atoms with Gasteiger partial charge in [-0.25, -0.2) is 0 Å². The molecular weight excluding hydrogens is 284 g/mol. The molecule has 1 atom stereocenters. The molecule has 2 heterocycles. The Labute approximate surface area is 110 Å². The normalized spacial score (nSPS) is 23.8. The molecule has 0 aliphatic carbocycles. The van der Waals surface area contributed by atoms with Crippen molar-refractivity contribution in [2.75, 3.05) is 13.1 Å². The molecule has 2 rings (SSSR count). The summed E-state index contributed by atoms with van der Waals surface area (Å²) in [5, 5.41) is 7.16. The Hall–Kier alpha value is 0.1000. The van der Waals surface area contributed by atoms with Gasteiger partial charge in [0.1, 0.15) is 0 Å². The van der Waals surface area contributed by atoms with E-state index in [1.807, 2.05) is 11.3 Å². The highest BCUT2D eigenvalue weighted by Crippen LogP contribution is 2.22. The molecule has 0 radical (unpaired) electrons. The molecular formula is C12H19BrN2S. The molecule has 16 heavy (non-hydrogen) atoms. The summed E-state index contributed by atoms with van der Waals surface area (Å²) in [5.41, 5.74) is 0.309. The van der Waals surface area contributed by atoms with Gasteiger partial charge in [-0.05, 0) is 54.8 Å². The van der Waals surface area contributed by atoms with E-state index in [0.29, 0.717) is 11.6 Å². The second-order valence-electron chi connectivity index (χ2n) is 5.08. The van der Waals surface area contributed by atoms with E-state index in [4.69, 9.17) is 0 Å². The largest absolute Gasteiger partial charge is 0.312 e. The van der Waals surface area contributed by atoms with E-state index in [2.05, 4.69) is 52.5 Å². The number of thiophene rings is 1. The number of hydrogen-bond acceptors (Lipinski definition) is 3. The van der Waals surface area contributed by atoms with Gasteiger partial charge in [-0.3, -0.25) is 0 Å². The fourth-order valence-electron chi connectivity index (χ4n) is 2.19. The molecule has 1 aromatic heterocycles. The van der Waals surface area contributed by atoms with E-state index in [-0.39, 0.29) is 0 Å². The molecule has 2 nitrogen and oxygen atoms in total. The third kappa shape index (κ3) is 3.55. The summed E-state index contributed by atoms with van der Waals surface area (Å²) >= 11 is 5.32. The summed E-state index contributed by atoms with van der Waals surface area (Å²) < 4.78 is 1.23. The molecule has 0 bridgehead atoms. The summed E-state index contributed by atoms with van der Waals surface area (Å²) in [6.45, 7) is 6.71. The molecule has 90 valence electrons. The molecule has 2 N–H and O–H groups in total. The maximum atomic E-state index is 3.62. The van der Waals surface area contributed by atoms with Gasteiger partial charge in [0.05, 0.1) is 3.79 Å². The van der Waals surface area contributed by atoms with Gasteiger partial charge in [0.2, 0.25) is 0 Å².